The average molecular weight is 369 g/mol. The third-order valence-electron chi connectivity index (χ3n) is 4.98. The number of aryl methyl sites for hydroxylation is 3. The van der Waals surface area contributed by atoms with Crippen molar-refractivity contribution < 1.29 is 9.90 Å². The predicted molar refractivity (Wildman–Crippen MR) is 96.6 cm³/mol. The molecule has 1 amide bonds. The molecule has 9 nitrogen and oxygen atoms in total. The average Bonchev–Trinajstić information content (AvgIpc) is 3.32. The van der Waals surface area contributed by atoms with E-state index in [0.717, 1.165) is 17.1 Å². The molecular weight excluding hydrogens is 346 g/mol. The lowest BCUT2D eigenvalue weighted by Gasteiger charge is -2.27. The second-order valence-electron chi connectivity index (χ2n) is 6.97. The monoisotopic (exact) mass is 369 g/mol. The molecule has 1 atom stereocenters. The molecule has 0 unspecified atom stereocenters. The maximum atomic E-state index is 12.7. The van der Waals surface area contributed by atoms with Gasteiger partial charge in [0.2, 0.25) is 5.91 Å². The highest BCUT2D eigenvalue weighted by atomic mass is 16.3. The zero-order valence-corrected chi connectivity index (χ0v) is 15.7. The Labute approximate surface area is 156 Å². The molecule has 0 aliphatic carbocycles. The van der Waals surface area contributed by atoms with Crippen LogP contribution in [-0.2, 0) is 31.5 Å². The lowest BCUT2D eigenvalue weighted by atomic mass is 10.1. The van der Waals surface area contributed by atoms with Crippen LogP contribution in [0.1, 0.15) is 34.6 Å². The van der Waals surface area contributed by atoms with Gasteiger partial charge in [-0.1, -0.05) is 0 Å². The van der Waals surface area contributed by atoms with Gasteiger partial charge in [0.15, 0.2) is 0 Å². The van der Waals surface area contributed by atoms with Crippen LogP contribution >= 0.6 is 0 Å². The molecule has 4 heterocycles. The number of carbonyl (C=O) groups excluding carboxylic acids is 1. The Morgan fingerprint density at radius 1 is 1.26 bits per heavy atom. The lowest BCUT2D eigenvalue weighted by Crippen LogP contribution is -2.40. The summed E-state index contributed by atoms with van der Waals surface area (Å²) in [6, 6.07) is 5.60. The largest absolute Gasteiger partial charge is 0.380 e. The van der Waals surface area contributed by atoms with E-state index in [1.807, 2.05) is 35.6 Å². The number of aliphatic hydroxyl groups is 1. The number of aliphatic hydroxyl groups excluding tert-OH is 1. The van der Waals surface area contributed by atoms with Gasteiger partial charge < -0.3 is 10.0 Å². The fourth-order valence-electron chi connectivity index (χ4n) is 3.50. The number of aromatic nitrogens is 6. The zero-order valence-electron chi connectivity index (χ0n) is 15.7. The van der Waals surface area contributed by atoms with E-state index in [1.54, 1.807) is 28.7 Å². The van der Waals surface area contributed by atoms with Gasteiger partial charge in [0.25, 0.3) is 0 Å². The van der Waals surface area contributed by atoms with Crippen molar-refractivity contribution in [1.82, 2.24) is 34.2 Å². The van der Waals surface area contributed by atoms with Crippen molar-refractivity contribution >= 4 is 5.91 Å². The molecule has 3 aromatic heterocycles. The highest BCUT2D eigenvalue weighted by Crippen LogP contribution is 2.23. The molecule has 3 aromatic rings. The van der Waals surface area contributed by atoms with Gasteiger partial charge in [-0.05, 0) is 32.0 Å². The molecule has 1 N–H and O–H groups in total. The van der Waals surface area contributed by atoms with Crippen LogP contribution in [0.25, 0.3) is 0 Å². The summed E-state index contributed by atoms with van der Waals surface area (Å²) in [5, 5.41) is 23.6. The van der Waals surface area contributed by atoms with Crippen LogP contribution in [0.5, 0.6) is 0 Å². The van der Waals surface area contributed by atoms with Crippen molar-refractivity contribution in [3.8, 4) is 0 Å². The van der Waals surface area contributed by atoms with E-state index in [-0.39, 0.29) is 12.5 Å². The minimum atomic E-state index is -0.838. The standard InChI is InChI=1S/C18H23N7O2/c1-12-8-13(2)25(20-12)11-17(26)23-6-7-24-14(10-23)9-15(21-24)18(27)16-4-5-19-22(16)3/h4-5,8-9,18,27H,6-7,10-11H2,1-3H3/t18-/m0/s1. The highest BCUT2D eigenvalue weighted by Gasteiger charge is 2.25. The zero-order chi connectivity index (χ0) is 19.1. The molecule has 9 heteroatoms. The number of carbonyl (C=O) groups is 1. The third-order valence-corrected chi connectivity index (χ3v) is 4.98. The Bertz CT molecular complexity index is 984. The van der Waals surface area contributed by atoms with Crippen molar-refractivity contribution in [1.29, 1.82) is 0 Å². The van der Waals surface area contributed by atoms with Crippen LogP contribution < -0.4 is 0 Å². The Balaban J connectivity index is 1.48. The van der Waals surface area contributed by atoms with E-state index in [1.165, 1.54) is 0 Å². The van der Waals surface area contributed by atoms with Crippen LogP contribution in [0.4, 0.5) is 0 Å². The molecular formula is C18H23N7O2. The van der Waals surface area contributed by atoms with Crippen LogP contribution in [-0.4, -0.2) is 51.8 Å². The van der Waals surface area contributed by atoms with Crippen LogP contribution in [0.2, 0.25) is 0 Å². The van der Waals surface area contributed by atoms with Gasteiger partial charge in [-0.15, -0.1) is 0 Å². The van der Waals surface area contributed by atoms with Gasteiger partial charge in [0, 0.05) is 25.5 Å². The summed E-state index contributed by atoms with van der Waals surface area (Å²) in [5.74, 6) is 0.0300. The molecule has 0 fully saturated rings. The van der Waals surface area contributed by atoms with E-state index in [9.17, 15) is 9.90 Å². The Hall–Kier alpha value is -2.94. The Morgan fingerprint density at radius 2 is 2.07 bits per heavy atom. The molecule has 0 spiro atoms. The molecule has 0 radical (unpaired) electrons. The summed E-state index contributed by atoms with van der Waals surface area (Å²) in [4.78, 5) is 14.5. The van der Waals surface area contributed by atoms with E-state index < -0.39 is 6.10 Å². The topological polar surface area (TPSA) is 94.0 Å². The van der Waals surface area contributed by atoms with Gasteiger partial charge in [-0.2, -0.15) is 15.3 Å². The Morgan fingerprint density at radius 3 is 2.74 bits per heavy atom. The minimum absolute atomic E-state index is 0.0300. The summed E-state index contributed by atoms with van der Waals surface area (Å²) < 4.78 is 5.23. The molecule has 0 bridgehead atoms. The number of hydrogen-bond acceptors (Lipinski definition) is 5. The van der Waals surface area contributed by atoms with E-state index >= 15 is 0 Å². The van der Waals surface area contributed by atoms with Crippen LogP contribution in [0.3, 0.4) is 0 Å². The van der Waals surface area contributed by atoms with E-state index in [0.29, 0.717) is 31.0 Å². The molecule has 1 aliphatic rings. The van der Waals surface area contributed by atoms with Gasteiger partial charge in [0.05, 0.1) is 35.9 Å². The second-order valence-corrected chi connectivity index (χ2v) is 6.97. The molecule has 0 aromatic carbocycles. The van der Waals surface area contributed by atoms with Gasteiger partial charge in [-0.3, -0.25) is 18.8 Å². The van der Waals surface area contributed by atoms with Crippen molar-refractivity contribution in [2.75, 3.05) is 6.54 Å². The number of rotatable bonds is 4. The fourth-order valence-corrected chi connectivity index (χ4v) is 3.50. The van der Waals surface area contributed by atoms with Crippen molar-refractivity contribution in [3.63, 3.8) is 0 Å². The summed E-state index contributed by atoms with van der Waals surface area (Å²) in [5.41, 5.74) is 4.05. The highest BCUT2D eigenvalue weighted by molar-refractivity contribution is 5.76. The summed E-state index contributed by atoms with van der Waals surface area (Å²) in [6.45, 7) is 5.78. The third kappa shape index (κ3) is 3.25. The van der Waals surface area contributed by atoms with Gasteiger partial charge >= 0.3 is 0 Å². The molecule has 1 aliphatic heterocycles. The number of nitrogens with zero attached hydrogens (tertiary/aromatic N) is 7. The molecule has 0 saturated heterocycles. The Kier molecular flexibility index (Phi) is 4.31. The predicted octanol–water partition coefficient (Wildman–Crippen LogP) is 0.554. The van der Waals surface area contributed by atoms with Gasteiger partial charge in [0.1, 0.15) is 12.6 Å². The first-order valence-electron chi connectivity index (χ1n) is 8.94. The fraction of sp³-hybridized carbons (Fsp3) is 0.444. The van der Waals surface area contributed by atoms with E-state index in [4.69, 9.17) is 0 Å². The molecule has 142 valence electrons. The van der Waals surface area contributed by atoms with Crippen LogP contribution in [0.15, 0.2) is 24.4 Å². The molecule has 4 rings (SSSR count). The van der Waals surface area contributed by atoms with Gasteiger partial charge in [-0.25, -0.2) is 0 Å². The molecule has 0 saturated carbocycles. The number of hydrogen-bond donors (Lipinski definition) is 1. The number of fused-ring (bicyclic) bond motifs is 1. The van der Waals surface area contributed by atoms with Crippen molar-refractivity contribution in [2.24, 2.45) is 7.05 Å². The lowest BCUT2D eigenvalue weighted by molar-refractivity contribution is -0.133. The first-order valence-corrected chi connectivity index (χ1v) is 8.94. The van der Waals surface area contributed by atoms with Crippen LogP contribution in [0, 0.1) is 13.8 Å². The summed E-state index contributed by atoms with van der Waals surface area (Å²) >= 11 is 0. The maximum absolute atomic E-state index is 12.7. The second kappa shape index (κ2) is 6.66. The smallest absolute Gasteiger partial charge is 0.244 e. The first-order chi connectivity index (χ1) is 12.9. The van der Waals surface area contributed by atoms with Crippen molar-refractivity contribution in [2.45, 2.75) is 39.6 Å². The SMILES string of the molecule is Cc1cc(C)n(CC(=O)N2CCn3nc([C@H](O)c4ccnn4C)cc3C2)n1. The summed E-state index contributed by atoms with van der Waals surface area (Å²) in [6.07, 6.45) is 0.808. The minimum Gasteiger partial charge on any atom is -0.380 e. The maximum Gasteiger partial charge on any atom is 0.244 e. The summed E-state index contributed by atoms with van der Waals surface area (Å²) in [7, 11) is 1.79. The number of amides is 1. The normalized spacial score (nSPS) is 15.0. The molecule has 27 heavy (non-hydrogen) atoms. The first kappa shape index (κ1) is 17.5. The van der Waals surface area contributed by atoms with Crippen molar-refractivity contribution in [3.05, 3.63) is 52.9 Å². The quantitative estimate of drug-likeness (QED) is 0.725. The van der Waals surface area contributed by atoms with E-state index in [2.05, 4.69) is 15.3 Å².